The fraction of sp³-hybridized carbons (Fsp3) is 0.118. The van der Waals surface area contributed by atoms with E-state index in [0.717, 1.165) is 88.8 Å². The summed E-state index contributed by atoms with van der Waals surface area (Å²) in [6.45, 7) is 0. The van der Waals surface area contributed by atoms with Gasteiger partial charge in [0.15, 0.2) is 0 Å². The van der Waals surface area contributed by atoms with Crippen molar-refractivity contribution in [3.63, 3.8) is 0 Å². The van der Waals surface area contributed by atoms with E-state index >= 15 is 0 Å². The Morgan fingerprint density at radius 2 is 1.20 bits per heavy atom. The highest BCUT2D eigenvalue weighted by Gasteiger charge is 2.28. The third-order valence-corrected chi connectivity index (χ3v) is 15.4. The monoisotopic (exact) mass is 954 g/mol. The van der Waals surface area contributed by atoms with Crippen molar-refractivity contribution >= 4 is 56.4 Å². The van der Waals surface area contributed by atoms with Crippen LogP contribution >= 0.6 is 0 Å². The molecule has 2 heterocycles. The average Bonchev–Trinajstić information content (AvgIpc) is 3.98. The molecule has 0 spiro atoms. The zero-order chi connectivity index (χ0) is 49.5. The second kappa shape index (κ2) is 19.1. The Balaban J connectivity index is 0.817. The van der Waals surface area contributed by atoms with Crippen LogP contribution in [0, 0.1) is 16.7 Å². The molecule has 0 saturated heterocycles. The zero-order valence-electron chi connectivity index (χ0n) is 41.2. The van der Waals surface area contributed by atoms with Crippen LogP contribution in [0.1, 0.15) is 54.5 Å². The number of nitrogens with one attached hydrogen (secondary N) is 1. The molecule has 1 N–H and O–H groups in total. The third-order valence-electron chi connectivity index (χ3n) is 15.4. The van der Waals surface area contributed by atoms with E-state index in [4.69, 9.17) is 5.41 Å². The molecule has 13 rings (SSSR count). The highest BCUT2D eigenvalue weighted by atomic mass is 15.2. The Hall–Kier alpha value is -9.18. The van der Waals surface area contributed by atoms with E-state index in [1.54, 1.807) is 0 Å². The SMILES string of the molecule is N#Cc1cc(-c2ccc(-n3c4ccccc4c4cc(N(C5=CCCC=C5)C5C=CC=CC5)ccc43)cc2)c(C=N)cc1-c1ccc(-n2c3c(c4ccccc42)C=C(N(c2ccccc2)C2C=CC=CC2)CC3)cc1. The fourth-order valence-electron chi connectivity index (χ4n) is 12.0. The molecule has 0 saturated carbocycles. The van der Waals surface area contributed by atoms with Gasteiger partial charge in [-0.25, -0.2) is 0 Å². The van der Waals surface area contributed by atoms with Crippen molar-refractivity contribution in [1.82, 2.24) is 9.13 Å². The summed E-state index contributed by atoms with van der Waals surface area (Å²) in [4.78, 5) is 5.02. The Labute approximate surface area is 432 Å². The van der Waals surface area contributed by atoms with Crippen molar-refractivity contribution in [3.8, 4) is 39.7 Å². The number of hydrogen-bond donors (Lipinski definition) is 1. The Morgan fingerprint density at radius 1 is 0.554 bits per heavy atom. The summed E-state index contributed by atoms with van der Waals surface area (Å²) in [6.07, 6.45) is 34.4. The van der Waals surface area contributed by atoms with Crippen LogP contribution < -0.4 is 9.80 Å². The third kappa shape index (κ3) is 7.86. The number of benzene rings is 7. The molecule has 4 aliphatic rings. The minimum Gasteiger partial charge on any atom is -0.338 e. The molecule has 356 valence electrons. The maximum atomic E-state index is 10.7. The molecule has 6 nitrogen and oxygen atoms in total. The van der Waals surface area contributed by atoms with Crippen molar-refractivity contribution in [3.05, 3.63) is 258 Å². The number of nitrogens with zero attached hydrogens (tertiary/aromatic N) is 5. The molecule has 0 aliphatic heterocycles. The van der Waals surface area contributed by atoms with Gasteiger partial charge in [0, 0.05) is 78.9 Å². The van der Waals surface area contributed by atoms with Crippen molar-refractivity contribution in [1.29, 1.82) is 10.7 Å². The summed E-state index contributed by atoms with van der Waals surface area (Å²) in [7, 11) is 0. The van der Waals surface area contributed by atoms with Crippen LogP contribution in [0.15, 0.2) is 236 Å². The van der Waals surface area contributed by atoms with Gasteiger partial charge in [-0.3, -0.25) is 0 Å². The lowest BCUT2D eigenvalue weighted by Gasteiger charge is -2.36. The van der Waals surface area contributed by atoms with Crippen LogP contribution in [0.3, 0.4) is 0 Å². The van der Waals surface area contributed by atoms with Crippen molar-refractivity contribution in [2.75, 3.05) is 9.80 Å². The Morgan fingerprint density at radius 3 is 1.88 bits per heavy atom. The van der Waals surface area contributed by atoms with E-state index < -0.39 is 0 Å². The lowest BCUT2D eigenvalue weighted by atomic mass is 9.91. The predicted molar refractivity (Wildman–Crippen MR) is 309 cm³/mol. The normalized spacial score (nSPS) is 16.8. The second-order valence-corrected chi connectivity index (χ2v) is 19.7. The summed E-state index contributed by atoms with van der Waals surface area (Å²) < 4.78 is 4.77. The van der Waals surface area contributed by atoms with Gasteiger partial charge in [-0.2, -0.15) is 5.26 Å². The minimum atomic E-state index is 0.240. The first kappa shape index (κ1) is 44.7. The summed E-state index contributed by atoms with van der Waals surface area (Å²) in [5, 5.41) is 23.0. The maximum Gasteiger partial charge on any atom is 0.0998 e. The van der Waals surface area contributed by atoms with Gasteiger partial charge in [0.25, 0.3) is 0 Å². The smallest absolute Gasteiger partial charge is 0.0998 e. The van der Waals surface area contributed by atoms with Gasteiger partial charge in [-0.15, -0.1) is 0 Å². The standard InChI is InChI=1S/C68H54N6/c69-45-49-42-62(48-31-35-56(36-32-48)74-66-28-16-14-26-60(66)64-44-58(38-40-68(64)74)72(53-21-9-3-10-22-53)54-23-11-4-12-24-54)50(46-70)41-61(49)47-29-33-55(34-30-47)73-65-27-15-13-25-59(65)63-43-57(37-39-67(63)73)71(51-17-5-1-6-18-51)52-19-7-2-8-20-52/h1-3,5-11,13-19,21,23-36,38,40-44,46,52-53,70H,4,12,20,22,37,39H2. The first-order valence-corrected chi connectivity index (χ1v) is 26.0. The van der Waals surface area contributed by atoms with Gasteiger partial charge in [0.2, 0.25) is 0 Å². The Kier molecular flexibility index (Phi) is 11.5. The second-order valence-electron chi connectivity index (χ2n) is 19.7. The molecule has 2 unspecified atom stereocenters. The van der Waals surface area contributed by atoms with Crippen molar-refractivity contribution in [2.24, 2.45) is 0 Å². The van der Waals surface area contributed by atoms with E-state index in [0.29, 0.717) is 5.56 Å². The van der Waals surface area contributed by atoms with Crippen LogP contribution in [0.5, 0.6) is 0 Å². The first-order valence-electron chi connectivity index (χ1n) is 26.0. The molecule has 2 atom stereocenters. The van der Waals surface area contributed by atoms with Gasteiger partial charge >= 0.3 is 0 Å². The van der Waals surface area contributed by atoms with Crippen molar-refractivity contribution < 1.29 is 0 Å². The van der Waals surface area contributed by atoms with Gasteiger partial charge < -0.3 is 24.3 Å². The summed E-state index contributed by atoms with van der Waals surface area (Å²) in [6, 6.07) is 59.3. The highest BCUT2D eigenvalue weighted by Crippen LogP contribution is 2.42. The molecule has 74 heavy (non-hydrogen) atoms. The number of fused-ring (bicyclic) bond motifs is 6. The highest BCUT2D eigenvalue weighted by molar-refractivity contribution is 6.10. The minimum absolute atomic E-state index is 0.240. The summed E-state index contributed by atoms with van der Waals surface area (Å²) >= 11 is 0. The number of nitriles is 1. The van der Waals surface area contributed by atoms with Crippen LogP contribution in [-0.4, -0.2) is 27.4 Å². The molecule has 9 aromatic rings. The fourth-order valence-corrected chi connectivity index (χ4v) is 12.0. The topological polar surface area (TPSA) is 64.0 Å². The number of hydrogen-bond acceptors (Lipinski definition) is 4. The summed E-state index contributed by atoms with van der Waals surface area (Å²) in [5.41, 5.74) is 18.0. The average molecular weight is 955 g/mol. The molecule has 0 bridgehead atoms. The summed E-state index contributed by atoms with van der Waals surface area (Å²) in [5.74, 6) is 0. The quantitative estimate of drug-likeness (QED) is 0.131. The molecule has 0 radical (unpaired) electrons. The molecular weight excluding hydrogens is 901 g/mol. The van der Waals surface area contributed by atoms with Gasteiger partial charge in [0.05, 0.1) is 40.3 Å². The van der Waals surface area contributed by atoms with Crippen LogP contribution in [0.2, 0.25) is 0 Å². The van der Waals surface area contributed by atoms with E-state index in [1.807, 2.05) is 12.1 Å². The van der Waals surface area contributed by atoms with Crippen LogP contribution in [0.4, 0.5) is 11.4 Å². The number of rotatable bonds is 11. The van der Waals surface area contributed by atoms with Gasteiger partial charge in [0.1, 0.15) is 0 Å². The van der Waals surface area contributed by atoms with Gasteiger partial charge in [-0.05, 0) is 146 Å². The first-order chi connectivity index (χ1) is 36.6. The lowest BCUT2D eigenvalue weighted by molar-refractivity contribution is 0.713. The van der Waals surface area contributed by atoms with E-state index in [1.165, 1.54) is 61.9 Å². The number of aromatic nitrogens is 2. The molecule has 2 aromatic heterocycles. The van der Waals surface area contributed by atoms with Crippen LogP contribution in [-0.2, 0) is 6.42 Å². The molecule has 7 aromatic carbocycles. The number of anilines is 2. The maximum absolute atomic E-state index is 10.7. The number of para-hydroxylation sites is 3. The molecule has 0 amide bonds. The molecular formula is C68H54N6. The zero-order valence-corrected chi connectivity index (χ0v) is 41.2. The largest absolute Gasteiger partial charge is 0.338 e. The van der Waals surface area contributed by atoms with Crippen molar-refractivity contribution in [2.45, 2.75) is 50.6 Å². The van der Waals surface area contributed by atoms with E-state index in [-0.39, 0.29) is 12.1 Å². The predicted octanol–water partition coefficient (Wildman–Crippen LogP) is 16.5. The van der Waals surface area contributed by atoms with Crippen LogP contribution in [0.25, 0.3) is 72.4 Å². The van der Waals surface area contributed by atoms with E-state index in [9.17, 15) is 5.26 Å². The van der Waals surface area contributed by atoms with Gasteiger partial charge in [-0.1, -0.05) is 140 Å². The Bertz CT molecular complexity index is 3940. The molecule has 0 fully saturated rings. The molecule has 4 aliphatic carbocycles. The molecule has 6 heteroatoms. The lowest BCUT2D eigenvalue weighted by Crippen LogP contribution is -2.34. The van der Waals surface area contributed by atoms with E-state index in [2.05, 4.69) is 244 Å². The number of allylic oxidation sites excluding steroid dienone is 8.